The summed E-state index contributed by atoms with van der Waals surface area (Å²) in [6.07, 6.45) is 5.81. The first kappa shape index (κ1) is 17.1. The molecule has 0 spiro atoms. The lowest BCUT2D eigenvalue weighted by Crippen LogP contribution is -2.39. The van der Waals surface area contributed by atoms with Gasteiger partial charge in [0, 0.05) is 26.0 Å². The first-order valence-corrected chi connectivity index (χ1v) is 8.84. The number of aliphatic hydroxyl groups is 1. The summed E-state index contributed by atoms with van der Waals surface area (Å²) in [5, 5.41) is 13.9. The van der Waals surface area contributed by atoms with Crippen LogP contribution in [0.15, 0.2) is 42.7 Å². The Kier molecular flexibility index (Phi) is 6.01. The van der Waals surface area contributed by atoms with E-state index in [1.165, 1.54) is 12.8 Å². The number of rotatable bonds is 7. The molecule has 1 aromatic heterocycles. The van der Waals surface area contributed by atoms with Crippen LogP contribution in [0, 0.1) is 5.92 Å². The van der Waals surface area contributed by atoms with Gasteiger partial charge < -0.3 is 19.9 Å². The van der Waals surface area contributed by atoms with E-state index in [0.717, 1.165) is 50.0 Å². The van der Waals surface area contributed by atoms with Crippen LogP contribution >= 0.6 is 0 Å². The first-order chi connectivity index (χ1) is 11.7. The van der Waals surface area contributed by atoms with E-state index in [0.29, 0.717) is 0 Å². The van der Waals surface area contributed by atoms with Gasteiger partial charge in [-0.2, -0.15) is 0 Å². The Bertz CT molecular complexity index is 605. The molecule has 0 radical (unpaired) electrons. The highest BCUT2D eigenvalue weighted by Crippen LogP contribution is 2.20. The van der Waals surface area contributed by atoms with Crippen molar-refractivity contribution in [3.63, 3.8) is 0 Å². The van der Waals surface area contributed by atoms with E-state index in [-0.39, 0.29) is 6.10 Å². The molecule has 0 amide bonds. The highest BCUT2D eigenvalue weighted by molar-refractivity contribution is 5.17. The first-order valence-electron chi connectivity index (χ1n) is 8.84. The Morgan fingerprint density at radius 1 is 1.25 bits per heavy atom. The number of hydrogen-bond acceptors (Lipinski definition) is 4. The van der Waals surface area contributed by atoms with Crippen molar-refractivity contribution in [1.29, 1.82) is 0 Å². The summed E-state index contributed by atoms with van der Waals surface area (Å²) in [5.74, 6) is 1.80. The molecule has 1 aromatic carbocycles. The topological polar surface area (TPSA) is 53.3 Å². The van der Waals surface area contributed by atoms with Gasteiger partial charge in [0.05, 0.1) is 12.6 Å². The zero-order valence-corrected chi connectivity index (χ0v) is 14.4. The standard InChI is InChI=1S/C19H28N4O/c1-22-12-9-21-19(22)14-20-13-16-7-10-23(11-8-16)15-18(24)17-5-3-2-4-6-17/h2-6,9,12,16,18,20,24H,7-8,10-11,13-15H2,1H3/t18-/m0/s1. The lowest BCUT2D eigenvalue weighted by Gasteiger charge is -2.33. The van der Waals surface area contributed by atoms with Crippen LogP contribution in [0.3, 0.4) is 0 Å². The monoisotopic (exact) mass is 328 g/mol. The van der Waals surface area contributed by atoms with Gasteiger partial charge in [-0.3, -0.25) is 0 Å². The molecule has 5 heteroatoms. The van der Waals surface area contributed by atoms with Crippen LogP contribution in [0.4, 0.5) is 0 Å². The van der Waals surface area contributed by atoms with Gasteiger partial charge in [-0.25, -0.2) is 4.98 Å². The van der Waals surface area contributed by atoms with Gasteiger partial charge in [0.25, 0.3) is 0 Å². The van der Waals surface area contributed by atoms with E-state index in [2.05, 4.69) is 19.8 Å². The molecule has 24 heavy (non-hydrogen) atoms. The molecule has 3 rings (SSSR count). The molecule has 2 heterocycles. The maximum absolute atomic E-state index is 10.3. The van der Waals surface area contributed by atoms with Gasteiger partial charge in [0.1, 0.15) is 5.82 Å². The molecule has 0 saturated carbocycles. The third kappa shape index (κ3) is 4.66. The van der Waals surface area contributed by atoms with Crippen molar-refractivity contribution in [2.45, 2.75) is 25.5 Å². The van der Waals surface area contributed by atoms with Crippen molar-refractivity contribution in [1.82, 2.24) is 19.8 Å². The lowest BCUT2D eigenvalue weighted by atomic mass is 9.96. The van der Waals surface area contributed by atoms with Crippen molar-refractivity contribution in [3.05, 3.63) is 54.1 Å². The Labute approximate surface area is 144 Å². The molecule has 5 nitrogen and oxygen atoms in total. The smallest absolute Gasteiger partial charge is 0.122 e. The van der Waals surface area contributed by atoms with Crippen LogP contribution in [0.25, 0.3) is 0 Å². The van der Waals surface area contributed by atoms with Crippen LogP contribution in [0.2, 0.25) is 0 Å². The van der Waals surface area contributed by atoms with Crippen molar-refractivity contribution in [2.24, 2.45) is 13.0 Å². The maximum atomic E-state index is 10.3. The fourth-order valence-electron chi connectivity index (χ4n) is 3.35. The minimum atomic E-state index is -0.385. The van der Waals surface area contributed by atoms with Crippen LogP contribution in [0.5, 0.6) is 0 Å². The predicted octanol–water partition coefficient (Wildman–Crippen LogP) is 1.96. The van der Waals surface area contributed by atoms with E-state index in [1.807, 2.05) is 49.8 Å². The zero-order valence-electron chi connectivity index (χ0n) is 14.4. The Balaban J connectivity index is 1.36. The summed E-state index contributed by atoms with van der Waals surface area (Å²) in [7, 11) is 2.03. The van der Waals surface area contributed by atoms with E-state index in [1.54, 1.807) is 0 Å². The second-order valence-electron chi connectivity index (χ2n) is 6.76. The quantitative estimate of drug-likeness (QED) is 0.816. The van der Waals surface area contributed by atoms with E-state index >= 15 is 0 Å². The molecule has 1 atom stereocenters. The summed E-state index contributed by atoms with van der Waals surface area (Å²) in [5.41, 5.74) is 1.01. The van der Waals surface area contributed by atoms with Crippen molar-refractivity contribution < 1.29 is 5.11 Å². The summed E-state index contributed by atoms with van der Waals surface area (Å²) in [6, 6.07) is 9.95. The highest BCUT2D eigenvalue weighted by Gasteiger charge is 2.21. The van der Waals surface area contributed by atoms with E-state index < -0.39 is 0 Å². The Hall–Kier alpha value is -1.69. The number of β-amino-alcohol motifs (C(OH)–C–C–N with tert-alkyl or cyclic N) is 1. The number of nitrogens with zero attached hydrogens (tertiary/aromatic N) is 3. The number of likely N-dealkylation sites (tertiary alicyclic amines) is 1. The van der Waals surface area contributed by atoms with E-state index in [9.17, 15) is 5.11 Å². The average molecular weight is 328 g/mol. The number of hydrogen-bond donors (Lipinski definition) is 2. The SMILES string of the molecule is Cn1ccnc1CNCC1CCN(C[C@H](O)c2ccccc2)CC1. The Morgan fingerprint density at radius 2 is 2.00 bits per heavy atom. The van der Waals surface area contributed by atoms with Gasteiger partial charge in [0.2, 0.25) is 0 Å². The third-order valence-corrected chi connectivity index (χ3v) is 4.96. The molecule has 1 fully saturated rings. The summed E-state index contributed by atoms with van der Waals surface area (Å²) in [6.45, 7) is 4.74. The largest absolute Gasteiger partial charge is 0.387 e. The third-order valence-electron chi connectivity index (χ3n) is 4.96. The van der Waals surface area contributed by atoms with Gasteiger partial charge in [-0.15, -0.1) is 0 Å². The minimum absolute atomic E-state index is 0.385. The van der Waals surface area contributed by atoms with Gasteiger partial charge >= 0.3 is 0 Å². The van der Waals surface area contributed by atoms with Crippen molar-refractivity contribution >= 4 is 0 Å². The fourth-order valence-corrected chi connectivity index (χ4v) is 3.35. The van der Waals surface area contributed by atoms with Gasteiger partial charge in [-0.1, -0.05) is 30.3 Å². The maximum Gasteiger partial charge on any atom is 0.122 e. The molecule has 1 aliphatic rings. The van der Waals surface area contributed by atoms with Crippen LogP contribution in [-0.2, 0) is 13.6 Å². The molecule has 1 aliphatic heterocycles. The molecule has 0 unspecified atom stereocenters. The van der Waals surface area contributed by atoms with Gasteiger partial charge in [-0.05, 0) is 44.0 Å². The zero-order chi connectivity index (χ0) is 16.8. The second-order valence-corrected chi connectivity index (χ2v) is 6.76. The van der Waals surface area contributed by atoms with Crippen molar-refractivity contribution in [3.8, 4) is 0 Å². The van der Waals surface area contributed by atoms with Gasteiger partial charge in [0.15, 0.2) is 0 Å². The number of aromatic nitrogens is 2. The lowest BCUT2D eigenvalue weighted by molar-refractivity contribution is 0.0891. The molecule has 1 saturated heterocycles. The number of aliphatic hydroxyl groups excluding tert-OH is 1. The van der Waals surface area contributed by atoms with Crippen molar-refractivity contribution in [2.75, 3.05) is 26.2 Å². The van der Waals surface area contributed by atoms with E-state index in [4.69, 9.17) is 0 Å². The molecular formula is C19H28N4O. The summed E-state index contributed by atoms with van der Waals surface area (Å²) in [4.78, 5) is 6.72. The number of benzene rings is 1. The molecule has 130 valence electrons. The van der Waals surface area contributed by atoms with Crippen LogP contribution in [-0.4, -0.2) is 45.7 Å². The highest BCUT2D eigenvalue weighted by atomic mass is 16.3. The average Bonchev–Trinajstić information content (AvgIpc) is 3.02. The number of imidazole rings is 1. The molecule has 2 N–H and O–H groups in total. The summed E-state index contributed by atoms with van der Waals surface area (Å²) >= 11 is 0. The summed E-state index contributed by atoms with van der Waals surface area (Å²) < 4.78 is 2.06. The minimum Gasteiger partial charge on any atom is -0.387 e. The van der Waals surface area contributed by atoms with Crippen LogP contribution in [0.1, 0.15) is 30.3 Å². The fraction of sp³-hybridized carbons (Fsp3) is 0.526. The predicted molar refractivity (Wildman–Crippen MR) is 95.5 cm³/mol. The number of aryl methyl sites for hydroxylation is 1. The Morgan fingerprint density at radius 3 is 2.67 bits per heavy atom. The number of nitrogens with one attached hydrogen (secondary N) is 1. The van der Waals surface area contributed by atoms with Crippen LogP contribution < -0.4 is 5.32 Å². The molecule has 0 aliphatic carbocycles. The second kappa shape index (κ2) is 8.42. The molecule has 2 aromatic rings. The molecule has 0 bridgehead atoms. The number of piperidine rings is 1. The normalized spacial score (nSPS) is 17.9. The molecular weight excluding hydrogens is 300 g/mol.